The van der Waals surface area contributed by atoms with Crippen LogP contribution in [-0.2, 0) is 9.59 Å². The molecule has 0 aromatic carbocycles. The zero-order valence-corrected chi connectivity index (χ0v) is 12.9. The minimum absolute atomic E-state index is 0.00777. The van der Waals surface area contributed by atoms with Crippen LogP contribution in [0.25, 0.3) is 0 Å². The predicted octanol–water partition coefficient (Wildman–Crippen LogP) is 0.980. The summed E-state index contributed by atoms with van der Waals surface area (Å²) < 4.78 is 0. The van der Waals surface area contributed by atoms with Gasteiger partial charge < -0.3 is 5.32 Å². The minimum Gasteiger partial charge on any atom is -0.355 e. The fraction of sp³-hybridized carbons (Fsp3) is 0.500. The Bertz CT molecular complexity index is 555. The average molecular weight is 309 g/mol. The second-order valence-corrected chi connectivity index (χ2v) is 6.56. The van der Waals surface area contributed by atoms with Crippen molar-refractivity contribution < 1.29 is 14.4 Å². The van der Waals surface area contributed by atoms with E-state index in [0.717, 1.165) is 11.3 Å². The summed E-state index contributed by atoms with van der Waals surface area (Å²) in [6.45, 7) is 4.21. The molecule has 1 aliphatic carbocycles. The van der Waals surface area contributed by atoms with Crippen molar-refractivity contribution in [1.29, 1.82) is 0 Å². The van der Waals surface area contributed by atoms with Crippen molar-refractivity contribution >= 4 is 29.1 Å². The highest BCUT2D eigenvalue weighted by Gasteiger charge is 2.38. The van der Waals surface area contributed by atoms with Crippen molar-refractivity contribution in [1.82, 2.24) is 16.2 Å². The van der Waals surface area contributed by atoms with Crippen LogP contribution in [-0.4, -0.2) is 24.3 Å². The SMILES string of the molecule is Cc1ccc(C(=O)NNC(=O)CCNC(=O)C2CC2C)s1. The molecule has 0 spiro atoms. The molecule has 2 rings (SSSR count). The van der Waals surface area contributed by atoms with E-state index in [1.165, 1.54) is 11.3 Å². The molecule has 3 amide bonds. The summed E-state index contributed by atoms with van der Waals surface area (Å²) in [5, 5.41) is 2.72. The lowest BCUT2D eigenvalue weighted by molar-refractivity contribution is -0.123. The molecule has 2 unspecified atom stereocenters. The largest absolute Gasteiger partial charge is 0.355 e. The van der Waals surface area contributed by atoms with Gasteiger partial charge in [-0.15, -0.1) is 11.3 Å². The van der Waals surface area contributed by atoms with Crippen LogP contribution in [0.3, 0.4) is 0 Å². The maximum absolute atomic E-state index is 11.7. The summed E-state index contributed by atoms with van der Waals surface area (Å²) in [5.41, 5.74) is 4.69. The molecular weight excluding hydrogens is 290 g/mol. The third kappa shape index (κ3) is 4.56. The maximum atomic E-state index is 11.7. The van der Waals surface area contributed by atoms with Gasteiger partial charge in [-0.1, -0.05) is 6.92 Å². The standard InChI is InChI=1S/C14H19N3O3S/c1-8-7-10(8)13(19)15-6-5-12(18)16-17-14(20)11-4-3-9(2)21-11/h3-4,8,10H,5-7H2,1-2H3,(H,15,19)(H,16,18)(H,17,20). The number of rotatable bonds is 5. The Morgan fingerprint density at radius 2 is 2.00 bits per heavy atom. The van der Waals surface area contributed by atoms with Gasteiger partial charge >= 0.3 is 0 Å². The first-order chi connectivity index (χ1) is 9.97. The minimum atomic E-state index is -0.336. The van der Waals surface area contributed by atoms with E-state index in [4.69, 9.17) is 0 Å². The second kappa shape index (κ2) is 6.71. The molecule has 6 nitrogen and oxygen atoms in total. The van der Waals surface area contributed by atoms with Crippen LogP contribution in [0, 0.1) is 18.8 Å². The molecule has 3 N–H and O–H groups in total. The number of carbonyl (C=O) groups is 3. The highest BCUT2D eigenvalue weighted by atomic mass is 32.1. The first kappa shape index (κ1) is 15.5. The lowest BCUT2D eigenvalue weighted by Gasteiger charge is -2.07. The van der Waals surface area contributed by atoms with Crippen molar-refractivity contribution in [3.05, 3.63) is 21.9 Å². The lowest BCUT2D eigenvalue weighted by atomic mass is 10.3. The molecule has 114 valence electrons. The first-order valence-electron chi connectivity index (χ1n) is 6.90. The molecule has 1 aromatic rings. The number of nitrogens with one attached hydrogen (secondary N) is 3. The van der Waals surface area contributed by atoms with Crippen LogP contribution in [0.5, 0.6) is 0 Å². The number of hydrogen-bond acceptors (Lipinski definition) is 4. The lowest BCUT2D eigenvalue weighted by Crippen LogP contribution is -2.42. The molecule has 0 radical (unpaired) electrons. The van der Waals surface area contributed by atoms with Gasteiger partial charge in [-0.3, -0.25) is 25.2 Å². The van der Waals surface area contributed by atoms with E-state index in [9.17, 15) is 14.4 Å². The molecule has 0 saturated heterocycles. The van der Waals surface area contributed by atoms with Gasteiger partial charge in [0, 0.05) is 23.8 Å². The number of carbonyl (C=O) groups excluding carboxylic acids is 3. The fourth-order valence-corrected chi connectivity index (χ4v) is 2.69. The molecule has 1 saturated carbocycles. The van der Waals surface area contributed by atoms with Gasteiger partial charge in [-0.05, 0) is 31.4 Å². The van der Waals surface area contributed by atoms with Gasteiger partial charge in [0.2, 0.25) is 11.8 Å². The normalized spacial score (nSPS) is 19.7. The fourth-order valence-electron chi connectivity index (χ4n) is 1.92. The molecule has 0 bridgehead atoms. The highest BCUT2D eigenvalue weighted by molar-refractivity contribution is 7.13. The Balaban J connectivity index is 1.61. The van der Waals surface area contributed by atoms with Gasteiger partial charge in [0.05, 0.1) is 4.88 Å². The third-order valence-electron chi connectivity index (χ3n) is 3.38. The molecule has 1 heterocycles. The molecule has 21 heavy (non-hydrogen) atoms. The summed E-state index contributed by atoms with van der Waals surface area (Å²) in [6.07, 6.45) is 1.06. The van der Waals surface area contributed by atoms with E-state index in [0.29, 0.717) is 10.8 Å². The highest BCUT2D eigenvalue weighted by Crippen LogP contribution is 2.37. The Morgan fingerprint density at radius 3 is 2.57 bits per heavy atom. The van der Waals surface area contributed by atoms with Crippen LogP contribution < -0.4 is 16.2 Å². The van der Waals surface area contributed by atoms with Crippen LogP contribution in [0.15, 0.2) is 12.1 Å². The first-order valence-corrected chi connectivity index (χ1v) is 7.72. The Kier molecular flexibility index (Phi) is 4.95. The number of amides is 3. The van der Waals surface area contributed by atoms with Crippen molar-refractivity contribution in [2.45, 2.75) is 26.7 Å². The predicted molar refractivity (Wildman–Crippen MR) is 79.6 cm³/mol. The van der Waals surface area contributed by atoms with E-state index in [1.807, 2.05) is 19.9 Å². The van der Waals surface area contributed by atoms with Crippen LogP contribution in [0.1, 0.15) is 34.3 Å². The monoisotopic (exact) mass is 309 g/mol. The van der Waals surface area contributed by atoms with Gasteiger partial charge in [0.1, 0.15) is 0 Å². The van der Waals surface area contributed by atoms with E-state index >= 15 is 0 Å². The van der Waals surface area contributed by atoms with Crippen LogP contribution in [0.2, 0.25) is 0 Å². The van der Waals surface area contributed by atoms with Gasteiger partial charge in [0.25, 0.3) is 5.91 Å². The van der Waals surface area contributed by atoms with Crippen molar-refractivity contribution in [3.63, 3.8) is 0 Å². The van der Waals surface area contributed by atoms with Crippen LogP contribution >= 0.6 is 11.3 Å². The van der Waals surface area contributed by atoms with Gasteiger partial charge in [0.15, 0.2) is 0 Å². The third-order valence-corrected chi connectivity index (χ3v) is 4.38. The Morgan fingerprint density at radius 1 is 1.29 bits per heavy atom. The summed E-state index contributed by atoms with van der Waals surface area (Å²) in [4.78, 5) is 36.4. The van der Waals surface area contributed by atoms with E-state index < -0.39 is 0 Å². The van der Waals surface area contributed by atoms with Crippen molar-refractivity contribution in [2.75, 3.05) is 6.54 Å². The van der Waals surface area contributed by atoms with Gasteiger partial charge in [-0.2, -0.15) is 0 Å². The number of hydrogen-bond donors (Lipinski definition) is 3. The molecule has 0 aliphatic heterocycles. The molecule has 1 aromatic heterocycles. The van der Waals surface area contributed by atoms with E-state index in [1.54, 1.807) is 6.07 Å². The summed E-state index contributed by atoms with van der Waals surface area (Å²) in [7, 11) is 0. The number of aryl methyl sites for hydroxylation is 1. The molecule has 1 fully saturated rings. The number of thiophene rings is 1. The summed E-state index contributed by atoms with van der Waals surface area (Å²) >= 11 is 1.36. The maximum Gasteiger partial charge on any atom is 0.279 e. The Hall–Kier alpha value is -1.89. The van der Waals surface area contributed by atoms with E-state index in [2.05, 4.69) is 16.2 Å². The summed E-state index contributed by atoms with van der Waals surface area (Å²) in [5.74, 6) is -0.103. The van der Waals surface area contributed by atoms with E-state index in [-0.39, 0.29) is 36.6 Å². The zero-order valence-electron chi connectivity index (χ0n) is 12.1. The smallest absolute Gasteiger partial charge is 0.279 e. The van der Waals surface area contributed by atoms with Crippen molar-refractivity contribution in [3.8, 4) is 0 Å². The second-order valence-electron chi connectivity index (χ2n) is 5.27. The Labute approximate surface area is 127 Å². The molecular formula is C14H19N3O3S. The molecule has 2 atom stereocenters. The van der Waals surface area contributed by atoms with Gasteiger partial charge in [-0.25, -0.2) is 0 Å². The van der Waals surface area contributed by atoms with Crippen LogP contribution in [0.4, 0.5) is 0 Å². The quantitative estimate of drug-likeness (QED) is 0.709. The topological polar surface area (TPSA) is 87.3 Å². The van der Waals surface area contributed by atoms with Crippen molar-refractivity contribution in [2.24, 2.45) is 11.8 Å². The number of hydrazine groups is 1. The molecule has 7 heteroatoms. The zero-order chi connectivity index (χ0) is 15.4. The summed E-state index contributed by atoms with van der Waals surface area (Å²) in [6, 6.07) is 3.55. The molecule has 1 aliphatic rings. The average Bonchev–Trinajstić information content (AvgIpc) is 3.01.